The summed E-state index contributed by atoms with van der Waals surface area (Å²) >= 11 is 1.19. The smallest absolute Gasteiger partial charge is 0.303 e. The predicted octanol–water partition coefficient (Wildman–Crippen LogP) is 2.51. The van der Waals surface area contributed by atoms with E-state index in [1.54, 1.807) is 0 Å². The summed E-state index contributed by atoms with van der Waals surface area (Å²) in [5.74, 6) is -1.14. The Kier molecular flexibility index (Phi) is 4.99. The molecule has 6 nitrogen and oxygen atoms in total. The third kappa shape index (κ3) is 4.64. The minimum Gasteiger partial charge on any atom is -0.481 e. The summed E-state index contributed by atoms with van der Waals surface area (Å²) in [5, 5.41) is 20.0. The first-order valence-electron chi connectivity index (χ1n) is 6.47. The Morgan fingerprint density at radius 1 is 1.24 bits per heavy atom. The van der Waals surface area contributed by atoms with E-state index in [1.807, 2.05) is 31.2 Å². The molecule has 0 aliphatic rings. The number of rotatable bonds is 6. The van der Waals surface area contributed by atoms with Crippen LogP contribution in [-0.4, -0.2) is 27.2 Å². The fourth-order valence-corrected chi connectivity index (χ4v) is 2.44. The highest BCUT2D eigenvalue weighted by Crippen LogP contribution is 2.15. The highest BCUT2D eigenvalue weighted by Gasteiger charge is 2.13. The molecule has 1 heterocycles. The largest absolute Gasteiger partial charge is 0.481 e. The van der Waals surface area contributed by atoms with Crippen LogP contribution >= 0.6 is 11.3 Å². The second-order valence-electron chi connectivity index (χ2n) is 4.57. The number of carbonyl (C=O) groups excluding carboxylic acids is 1. The van der Waals surface area contributed by atoms with Crippen molar-refractivity contribution in [3.05, 3.63) is 39.8 Å². The Morgan fingerprint density at radius 2 is 1.95 bits per heavy atom. The summed E-state index contributed by atoms with van der Waals surface area (Å²) in [6.45, 7) is 1.97. The van der Waals surface area contributed by atoms with Gasteiger partial charge >= 0.3 is 5.97 Å². The van der Waals surface area contributed by atoms with Gasteiger partial charge in [0.25, 0.3) is 5.91 Å². The van der Waals surface area contributed by atoms with Crippen molar-refractivity contribution in [2.45, 2.75) is 26.2 Å². The number of amides is 1. The Balaban J connectivity index is 1.92. The Hall–Kier alpha value is -2.28. The highest BCUT2D eigenvalue weighted by atomic mass is 32.1. The van der Waals surface area contributed by atoms with Crippen molar-refractivity contribution < 1.29 is 14.7 Å². The molecule has 1 aromatic carbocycles. The van der Waals surface area contributed by atoms with E-state index in [2.05, 4.69) is 15.5 Å². The van der Waals surface area contributed by atoms with Crippen LogP contribution in [0, 0.1) is 6.92 Å². The molecule has 0 aliphatic heterocycles. The van der Waals surface area contributed by atoms with E-state index >= 15 is 0 Å². The van der Waals surface area contributed by atoms with Crippen LogP contribution in [0.15, 0.2) is 24.3 Å². The Bertz CT molecular complexity index is 637. The van der Waals surface area contributed by atoms with Gasteiger partial charge < -0.3 is 10.4 Å². The number of nitrogens with zero attached hydrogens (tertiary/aromatic N) is 2. The zero-order chi connectivity index (χ0) is 15.2. The van der Waals surface area contributed by atoms with Crippen molar-refractivity contribution in [3.63, 3.8) is 0 Å². The fourth-order valence-electron chi connectivity index (χ4n) is 1.66. The quantitative estimate of drug-likeness (QED) is 0.855. The molecule has 21 heavy (non-hydrogen) atoms. The maximum Gasteiger partial charge on any atom is 0.303 e. The Labute approximate surface area is 125 Å². The minimum atomic E-state index is -0.836. The number of benzene rings is 1. The van der Waals surface area contributed by atoms with Gasteiger partial charge in [-0.2, -0.15) is 0 Å². The number of hydrogen-bond donors (Lipinski definition) is 2. The molecule has 0 saturated heterocycles. The minimum absolute atomic E-state index is 0.0878. The van der Waals surface area contributed by atoms with Crippen LogP contribution in [-0.2, 0) is 11.2 Å². The van der Waals surface area contributed by atoms with Crippen molar-refractivity contribution in [1.82, 2.24) is 10.2 Å². The summed E-state index contributed by atoms with van der Waals surface area (Å²) in [6.07, 6.45) is 1.09. The average molecular weight is 305 g/mol. The van der Waals surface area contributed by atoms with Crippen LogP contribution in [0.5, 0.6) is 0 Å². The van der Waals surface area contributed by atoms with Gasteiger partial charge in [0.1, 0.15) is 5.01 Å². The molecular formula is C14H15N3O3S. The number of carboxylic acid groups (broad SMARTS) is 1. The van der Waals surface area contributed by atoms with Crippen LogP contribution in [0.3, 0.4) is 0 Å². The van der Waals surface area contributed by atoms with E-state index in [-0.39, 0.29) is 17.3 Å². The third-order valence-corrected chi connectivity index (χ3v) is 3.73. The first kappa shape index (κ1) is 15.1. The molecule has 0 bridgehead atoms. The SMILES string of the molecule is Cc1ccc(NC(=O)c2nnc(CCCC(=O)O)s2)cc1. The van der Waals surface area contributed by atoms with E-state index in [0.717, 1.165) is 5.56 Å². The maximum atomic E-state index is 12.0. The lowest BCUT2D eigenvalue weighted by Gasteiger charge is -2.02. The van der Waals surface area contributed by atoms with Gasteiger partial charge in [0.05, 0.1) is 0 Å². The van der Waals surface area contributed by atoms with E-state index in [0.29, 0.717) is 23.5 Å². The number of aliphatic carboxylic acids is 1. The summed E-state index contributed by atoms with van der Waals surface area (Å²) in [6, 6.07) is 7.46. The maximum absolute atomic E-state index is 12.0. The Morgan fingerprint density at radius 3 is 2.62 bits per heavy atom. The number of nitrogens with one attached hydrogen (secondary N) is 1. The lowest BCUT2D eigenvalue weighted by molar-refractivity contribution is -0.137. The molecule has 2 rings (SSSR count). The topological polar surface area (TPSA) is 92.2 Å². The molecule has 1 aromatic heterocycles. The van der Waals surface area contributed by atoms with Crippen LogP contribution < -0.4 is 5.32 Å². The second kappa shape index (κ2) is 6.94. The number of aromatic nitrogens is 2. The molecule has 2 N–H and O–H groups in total. The normalized spacial score (nSPS) is 10.3. The molecule has 0 atom stereocenters. The van der Waals surface area contributed by atoms with Gasteiger partial charge in [-0.1, -0.05) is 29.0 Å². The lowest BCUT2D eigenvalue weighted by atomic mass is 10.2. The molecule has 1 amide bonds. The van der Waals surface area contributed by atoms with Crippen molar-refractivity contribution in [1.29, 1.82) is 0 Å². The summed E-state index contributed by atoms with van der Waals surface area (Å²) < 4.78 is 0. The van der Waals surface area contributed by atoms with Crippen molar-refractivity contribution in [2.24, 2.45) is 0 Å². The van der Waals surface area contributed by atoms with E-state index < -0.39 is 5.97 Å². The average Bonchev–Trinajstić information content (AvgIpc) is 2.90. The van der Waals surface area contributed by atoms with Crippen LogP contribution in [0.2, 0.25) is 0 Å². The van der Waals surface area contributed by atoms with Crippen LogP contribution in [0.1, 0.15) is 33.2 Å². The van der Waals surface area contributed by atoms with Gasteiger partial charge in [-0.05, 0) is 25.5 Å². The molecule has 2 aromatic rings. The van der Waals surface area contributed by atoms with E-state index in [1.165, 1.54) is 11.3 Å². The van der Waals surface area contributed by atoms with Crippen LogP contribution in [0.4, 0.5) is 5.69 Å². The predicted molar refractivity (Wildman–Crippen MR) is 79.6 cm³/mol. The van der Waals surface area contributed by atoms with Crippen molar-refractivity contribution >= 4 is 28.9 Å². The molecule has 0 fully saturated rings. The van der Waals surface area contributed by atoms with Gasteiger partial charge in [0.2, 0.25) is 5.01 Å². The molecule has 110 valence electrons. The number of anilines is 1. The number of aryl methyl sites for hydroxylation is 2. The highest BCUT2D eigenvalue weighted by molar-refractivity contribution is 7.13. The standard InChI is InChI=1S/C14H15N3O3S/c1-9-5-7-10(8-6-9)15-13(20)14-17-16-11(21-14)3-2-4-12(18)19/h5-8H,2-4H2,1H3,(H,15,20)(H,18,19). The van der Waals surface area contributed by atoms with E-state index in [4.69, 9.17) is 5.11 Å². The third-order valence-electron chi connectivity index (χ3n) is 2.75. The second-order valence-corrected chi connectivity index (χ2v) is 5.63. The fraction of sp³-hybridized carbons (Fsp3) is 0.286. The first-order valence-corrected chi connectivity index (χ1v) is 7.28. The number of carboxylic acids is 1. The summed E-state index contributed by atoms with van der Waals surface area (Å²) in [7, 11) is 0. The lowest BCUT2D eigenvalue weighted by Crippen LogP contribution is -2.11. The van der Waals surface area contributed by atoms with Crippen molar-refractivity contribution in [2.75, 3.05) is 5.32 Å². The van der Waals surface area contributed by atoms with Crippen molar-refractivity contribution in [3.8, 4) is 0 Å². The summed E-state index contributed by atoms with van der Waals surface area (Å²) in [4.78, 5) is 22.4. The van der Waals surface area contributed by atoms with Gasteiger partial charge in [-0.15, -0.1) is 10.2 Å². The van der Waals surface area contributed by atoms with E-state index in [9.17, 15) is 9.59 Å². The summed E-state index contributed by atoms with van der Waals surface area (Å²) in [5.41, 5.74) is 1.82. The van der Waals surface area contributed by atoms with Gasteiger partial charge in [-0.3, -0.25) is 9.59 Å². The molecule has 0 unspecified atom stereocenters. The molecule has 0 aliphatic carbocycles. The molecule has 0 radical (unpaired) electrons. The molecule has 0 spiro atoms. The van der Waals surface area contributed by atoms with Gasteiger partial charge in [-0.25, -0.2) is 0 Å². The zero-order valence-electron chi connectivity index (χ0n) is 11.5. The monoisotopic (exact) mass is 305 g/mol. The molecule has 0 saturated carbocycles. The number of hydrogen-bond acceptors (Lipinski definition) is 5. The molecule has 7 heteroatoms. The zero-order valence-corrected chi connectivity index (χ0v) is 12.3. The first-order chi connectivity index (χ1) is 10.0. The van der Waals surface area contributed by atoms with Crippen LogP contribution in [0.25, 0.3) is 0 Å². The van der Waals surface area contributed by atoms with Gasteiger partial charge in [0.15, 0.2) is 0 Å². The number of carbonyl (C=O) groups is 2. The van der Waals surface area contributed by atoms with Gasteiger partial charge in [0, 0.05) is 18.5 Å². The molecular weight excluding hydrogens is 290 g/mol.